The summed E-state index contributed by atoms with van der Waals surface area (Å²) in [7, 11) is 4.25. The van der Waals surface area contributed by atoms with Crippen LogP contribution in [0, 0.1) is 6.92 Å². The molecule has 3 nitrogen and oxygen atoms in total. The molecule has 1 aliphatic heterocycles. The first-order valence-corrected chi connectivity index (χ1v) is 8.71. The quantitative estimate of drug-likeness (QED) is 0.772. The Labute approximate surface area is 144 Å². The van der Waals surface area contributed by atoms with Crippen molar-refractivity contribution in [1.29, 1.82) is 0 Å². The van der Waals surface area contributed by atoms with Crippen LogP contribution in [0.3, 0.4) is 0 Å². The summed E-state index contributed by atoms with van der Waals surface area (Å²) in [5.41, 5.74) is 0.891. The standard InChI is InChI=1S/C17H26Cl2N2O/c1-13-15(18)5-6-16(17(13)19)22-14-7-11-21(12-8-14)10-4-9-20(2)3/h5-6,14H,4,7-12H2,1-3H3. The van der Waals surface area contributed by atoms with E-state index in [0.29, 0.717) is 10.0 Å². The van der Waals surface area contributed by atoms with E-state index in [-0.39, 0.29) is 6.10 Å². The molecule has 0 radical (unpaired) electrons. The van der Waals surface area contributed by atoms with E-state index in [1.54, 1.807) is 0 Å². The van der Waals surface area contributed by atoms with Crippen molar-refractivity contribution in [2.75, 3.05) is 40.3 Å². The number of hydrogen-bond donors (Lipinski definition) is 0. The lowest BCUT2D eigenvalue weighted by Gasteiger charge is -2.32. The summed E-state index contributed by atoms with van der Waals surface area (Å²) in [6, 6.07) is 3.73. The van der Waals surface area contributed by atoms with Gasteiger partial charge < -0.3 is 14.5 Å². The second-order valence-electron chi connectivity index (χ2n) is 6.30. The Kier molecular flexibility index (Phi) is 6.82. The van der Waals surface area contributed by atoms with E-state index in [1.807, 2.05) is 19.1 Å². The van der Waals surface area contributed by atoms with Gasteiger partial charge >= 0.3 is 0 Å². The number of benzene rings is 1. The molecule has 1 aromatic carbocycles. The van der Waals surface area contributed by atoms with Crippen LogP contribution in [-0.2, 0) is 0 Å². The summed E-state index contributed by atoms with van der Waals surface area (Å²) in [6.45, 7) is 6.44. The van der Waals surface area contributed by atoms with Crippen LogP contribution in [0.5, 0.6) is 5.75 Å². The van der Waals surface area contributed by atoms with E-state index >= 15 is 0 Å². The summed E-state index contributed by atoms with van der Waals surface area (Å²) < 4.78 is 6.09. The van der Waals surface area contributed by atoms with Crippen LogP contribution in [0.4, 0.5) is 0 Å². The molecule has 0 bridgehead atoms. The highest BCUT2D eigenvalue weighted by Crippen LogP contribution is 2.34. The SMILES string of the molecule is Cc1c(Cl)ccc(OC2CCN(CCCN(C)C)CC2)c1Cl. The predicted molar refractivity (Wildman–Crippen MR) is 94.5 cm³/mol. The number of nitrogens with zero attached hydrogens (tertiary/aromatic N) is 2. The number of hydrogen-bond acceptors (Lipinski definition) is 3. The van der Waals surface area contributed by atoms with Gasteiger partial charge in [-0.25, -0.2) is 0 Å². The minimum absolute atomic E-state index is 0.253. The molecule has 5 heteroatoms. The zero-order valence-corrected chi connectivity index (χ0v) is 15.3. The van der Waals surface area contributed by atoms with Crippen LogP contribution in [-0.4, -0.2) is 56.2 Å². The fourth-order valence-corrected chi connectivity index (χ4v) is 3.18. The van der Waals surface area contributed by atoms with Crippen LogP contribution in [0.25, 0.3) is 0 Å². The second kappa shape index (κ2) is 8.39. The van der Waals surface area contributed by atoms with Crippen molar-refractivity contribution in [3.05, 3.63) is 27.7 Å². The van der Waals surface area contributed by atoms with Crippen LogP contribution in [0.2, 0.25) is 10.0 Å². The molecule has 1 fully saturated rings. The zero-order valence-electron chi connectivity index (χ0n) is 13.7. The number of halogens is 2. The molecule has 0 saturated carbocycles. The van der Waals surface area contributed by atoms with Gasteiger partial charge in [-0.1, -0.05) is 23.2 Å². The molecule has 0 aliphatic carbocycles. The van der Waals surface area contributed by atoms with Crippen molar-refractivity contribution in [1.82, 2.24) is 9.80 Å². The highest BCUT2D eigenvalue weighted by molar-refractivity contribution is 6.36. The summed E-state index contributed by atoms with van der Waals surface area (Å²) in [4.78, 5) is 4.76. The molecule has 0 amide bonds. The average molecular weight is 345 g/mol. The monoisotopic (exact) mass is 344 g/mol. The molecule has 1 saturated heterocycles. The van der Waals surface area contributed by atoms with E-state index in [0.717, 1.165) is 43.8 Å². The van der Waals surface area contributed by atoms with Crippen molar-refractivity contribution in [3.8, 4) is 5.75 Å². The van der Waals surface area contributed by atoms with Gasteiger partial charge in [0.25, 0.3) is 0 Å². The first kappa shape index (κ1) is 17.9. The lowest BCUT2D eigenvalue weighted by molar-refractivity contribution is 0.0987. The van der Waals surface area contributed by atoms with Crippen LogP contribution in [0.1, 0.15) is 24.8 Å². The normalized spacial score (nSPS) is 17.2. The van der Waals surface area contributed by atoms with Gasteiger partial charge in [-0.3, -0.25) is 0 Å². The maximum absolute atomic E-state index is 6.32. The molecular formula is C17H26Cl2N2O. The van der Waals surface area contributed by atoms with Gasteiger partial charge in [0.2, 0.25) is 0 Å². The number of ether oxygens (including phenoxy) is 1. The van der Waals surface area contributed by atoms with Crippen LogP contribution < -0.4 is 4.74 Å². The predicted octanol–water partition coefficient (Wildman–Crippen LogP) is 4.10. The van der Waals surface area contributed by atoms with Gasteiger partial charge in [0.1, 0.15) is 11.9 Å². The third kappa shape index (κ3) is 5.02. The van der Waals surface area contributed by atoms with Gasteiger partial charge in [-0.15, -0.1) is 0 Å². The number of piperidine rings is 1. The topological polar surface area (TPSA) is 15.7 Å². The van der Waals surface area contributed by atoms with E-state index < -0.39 is 0 Å². The van der Waals surface area contributed by atoms with Crippen molar-refractivity contribution in [2.45, 2.75) is 32.3 Å². The van der Waals surface area contributed by atoms with Gasteiger partial charge in [-0.05, 0) is 71.1 Å². The van der Waals surface area contributed by atoms with Gasteiger partial charge in [0.05, 0.1) is 5.02 Å². The molecule has 1 heterocycles. The first-order chi connectivity index (χ1) is 10.5. The van der Waals surface area contributed by atoms with Crippen molar-refractivity contribution >= 4 is 23.2 Å². The minimum Gasteiger partial charge on any atom is -0.489 e. The third-order valence-corrected chi connectivity index (χ3v) is 5.07. The first-order valence-electron chi connectivity index (χ1n) is 7.95. The van der Waals surface area contributed by atoms with E-state index in [2.05, 4.69) is 23.9 Å². The molecule has 22 heavy (non-hydrogen) atoms. The Hall–Kier alpha value is -0.480. The van der Waals surface area contributed by atoms with Crippen LogP contribution >= 0.6 is 23.2 Å². The second-order valence-corrected chi connectivity index (χ2v) is 7.09. The number of rotatable bonds is 6. The third-order valence-electron chi connectivity index (χ3n) is 4.19. The molecule has 124 valence electrons. The average Bonchev–Trinajstić information content (AvgIpc) is 2.49. The van der Waals surface area contributed by atoms with Gasteiger partial charge in [-0.2, -0.15) is 0 Å². The Morgan fingerprint density at radius 3 is 2.55 bits per heavy atom. The van der Waals surface area contributed by atoms with Crippen molar-refractivity contribution in [3.63, 3.8) is 0 Å². The highest BCUT2D eigenvalue weighted by atomic mass is 35.5. The molecule has 0 N–H and O–H groups in total. The number of likely N-dealkylation sites (tertiary alicyclic amines) is 1. The highest BCUT2D eigenvalue weighted by Gasteiger charge is 2.21. The molecule has 0 unspecified atom stereocenters. The summed E-state index contributed by atoms with van der Waals surface area (Å²) in [5, 5.41) is 1.33. The van der Waals surface area contributed by atoms with Crippen molar-refractivity contribution in [2.24, 2.45) is 0 Å². The summed E-state index contributed by atoms with van der Waals surface area (Å²) in [5.74, 6) is 0.759. The fourth-order valence-electron chi connectivity index (χ4n) is 2.77. The zero-order chi connectivity index (χ0) is 16.1. The maximum Gasteiger partial charge on any atom is 0.138 e. The van der Waals surface area contributed by atoms with Crippen molar-refractivity contribution < 1.29 is 4.74 Å². The molecule has 1 aliphatic rings. The van der Waals surface area contributed by atoms with Gasteiger partial charge in [0.15, 0.2) is 0 Å². The smallest absolute Gasteiger partial charge is 0.138 e. The lowest BCUT2D eigenvalue weighted by Crippen LogP contribution is -2.39. The molecule has 2 rings (SSSR count). The summed E-state index contributed by atoms with van der Waals surface area (Å²) in [6.07, 6.45) is 3.59. The fraction of sp³-hybridized carbons (Fsp3) is 0.647. The molecule has 0 atom stereocenters. The minimum atomic E-state index is 0.253. The molecule has 0 spiro atoms. The van der Waals surface area contributed by atoms with Gasteiger partial charge in [0, 0.05) is 18.1 Å². The Bertz CT molecular complexity index is 486. The largest absolute Gasteiger partial charge is 0.489 e. The van der Waals surface area contributed by atoms with E-state index in [4.69, 9.17) is 27.9 Å². The lowest BCUT2D eigenvalue weighted by atomic mass is 10.1. The Balaban J connectivity index is 1.79. The Morgan fingerprint density at radius 1 is 1.23 bits per heavy atom. The molecule has 0 aromatic heterocycles. The maximum atomic E-state index is 6.32. The van der Waals surface area contributed by atoms with E-state index in [1.165, 1.54) is 13.0 Å². The summed E-state index contributed by atoms with van der Waals surface area (Å²) >= 11 is 12.4. The van der Waals surface area contributed by atoms with E-state index in [9.17, 15) is 0 Å². The molecule has 1 aromatic rings. The Morgan fingerprint density at radius 2 is 1.91 bits per heavy atom. The van der Waals surface area contributed by atoms with Crippen LogP contribution in [0.15, 0.2) is 12.1 Å². The molecular weight excluding hydrogens is 319 g/mol.